The van der Waals surface area contributed by atoms with Gasteiger partial charge in [-0.3, -0.25) is 0 Å². The van der Waals surface area contributed by atoms with Gasteiger partial charge in [0.15, 0.2) is 11.6 Å². The highest BCUT2D eigenvalue weighted by Gasteiger charge is 2.24. The Morgan fingerprint density at radius 1 is 1.33 bits per heavy atom. The zero-order valence-electron chi connectivity index (χ0n) is 13.2. The number of benzene rings is 1. The summed E-state index contributed by atoms with van der Waals surface area (Å²) in [4.78, 5) is 4.59. The molecule has 0 spiro atoms. The van der Waals surface area contributed by atoms with E-state index in [1.807, 2.05) is 11.5 Å². The third kappa shape index (κ3) is 2.73. The number of hydrogen-bond acceptors (Lipinski definition) is 3. The molecule has 0 saturated heterocycles. The van der Waals surface area contributed by atoms with Gasteiger partial charge in [0, 0.05) is 17.5 Å². The molecule has 1 aromatic heterocycles. The molecule has 0 saturated carbocycles. The summed E-state index contributed by atoms with van der Waals surface area (Å²) in [5, 5.41) is 0. The summed E-state index contributed by atoms with van der Waals surface area (Å²) in [6.45, 7) is 8.25. The van der Waals surface area contributed by atoms with Crippen molar-refractivity contribution in [3.63, 3.8) is 0 Å². The zero-order valence-corrected chi connectivity index (χ0v) is 13.2. The maximum atomic E-state index is 13.9. The Kier molecular flexibility index (Phi) is 3.94. The second-order valence-corrected chi connectivity index (χ2v) is 5.97. The fourth-order valence-electron chi connectivity index (χ4n) is 2.49. The molecule has 0 aliphatic rings. The van der Waals surface area contributed by atoms with Crippen LogP contribution in [-0.2, 0) is 12.0 Å². The highest BCUT2D eigenvalue weighted by atomic mass is 19.1. The maximum Gasteiger partial charge on any atom is 0.165 e. The van der Waals surface area contributed by atoms with Crippen LogP contribution in [0.5, 0.6) is 5.75 Å². The summed E-state index contributed by atoms with van der Waals surface area (Å²) < 4.78 is 20.8. The summed E-state index contributed by atoms with van der Waals surface area (Å²) in [5.41, 5.74) is 7.36. The van der Waals surface area contributed by atoms with E-state index in [9.17, 15) is 4.39 Å². The molecule has 21 heavy (non-hydrogen) atoms. The van der Waals surface area contributed by atoms with Crippen molar-refractivity contribution in [2.24, 2.45) is 0 Å². The van der Waals surface area contributed by atoms with Crippen LogP contribution in [0.2, 0.25) is 0 Å². The Morgan fingerprint density at radius 2 is 2.00 bits per heavy atom. The van der Waals surface area contributed by atoms with Gasteiger partial charge in [-0.15, -0.1) is 0 Å². The number of ether oxygens (including phenoxy) is 1. The van der Waals surface area contributed by atoms with E-state index in [1.54, 1.807) is 12.1 Å². The van der Waals surface area contributed by atoms with Crippen LogP contribution < -0.4 is 10.5 Å². The predicted molar refractivity (Wildman–Crippen MR) is 83.0 cm³/mol. The average Bonchev–Trinajstić information content (AvgIpc) is 2.75. The Morgan fingerprint density at radius 3 is 2.43 bits per heavy atom. The van der Waals surface area contributed by atoms with Crippen molar-refractivity contribution in [2.45, 2.75) is 39.7 Å². The smallest absolute Gasteiger partial charge is 0.165 e. The lowest BCUT2D eigenvalue weighted by Crippen LogP contribution is -2.25. The first-order valence-corrected chi connectivity index (χ1v) is 7.01. The fourth-order valence-corrected chi connectivity index (χ4v) is 2.49. The molecule has 1 heterocycles. The first-order valence-electron chi connectivity index (χ1n) is 7.01. The Hall–Kier alpha value is -2.04. The molecule has 2 rings (SSSR count). The molecule has 4 nitrogen and oxygen atoms in total. The van der Waals surface area contributed by atoms with E-state index < -0.39 is 5.82 Å². The van der Waals surface area contributed by atoms with Crippen LogP contribution in [0.3, 0.4) is 0 Å². The van der Waals surface area contributed by atoms with Gasteiger partial charge in [0.1, 0.15) is 17.3 Å². The molecule has 0 amide bonds. The first kappa shape index (κ1) is 15.4. The minimum absolute atomic E-state index is 0.175. The third-order valence-electron chi connectivity index (χ3n) is 3.39. The van der Waals surface area contributed by atoms with Crippen molar-refractivity contribution in [2.75, 3.05) is 12.8 Å². The zero-order chi connectivity index (χ0) is 15.8. The Bertz CT molecular complexity index is 656. The summed E-state index contributed by atoms with van der Waals surface area (Å²) >= 11 is 0. The Labute approximate surface area is 124 Å². The number of halogens is 1. The molecular formula is C16H22FN3O. The molecule has 0 bridgehead atoms. The molecule has 0 atom stereocenters. The van der Waals surface area contributed by atoms with Crippen molar-refractivity contribution >= 4 is 5.82 Å². The first-order chi connectivity index (χ1) is 9.79. The lowest BCUT2D eigenvalue weighted by atomic mass is 10.1. The molecule has 2 N–H and O–H groups in total. The SMILES string of the molecule is CCc1nc(-c2ccc(OC)c(F)c2)c(N)n1C(C)(C)C. The Balaban J connectivity index is 2.60. The number of imidazole rings is 1. The molecule has 0 fully saturated rings. The van der Waals surface area contributed by atoms with E-state index in [0.29, 0.717) is 17.1 Å². The number of rotatable bonds is 3. The number of nitrogens with two attached hydrogens (primary N) is 1. The number of nitrogens with zero attached hydrogens (tertiary/aromatic N) is 2. The van der Waals surface area contributed by atoms with Crippen LogP contribution in [0.1, 0.15) is 33.5 Å². The fraction of sp³-hybridized carbons (Fsp3) is 0.438. The molecule has 0 aliphatic carbocycles. The number of methoxy groups -OCH3 is 1. The molecule has 0 radical (unpaired) electrons. The monoisotopic (exact) mass is 291 g/mol. The largest absolute Gasteiger partial charge is 0.494 e. The lowest BCUT2D eigenvalue weighted by molar-refractivity contribution is 0.386. The van der Waals surface area contributed by atoms with E-state index in [-0.39, 0.29) is 11.3 Å². The van der Waals surface area contributed by atoms with Gasteiger partial charge in [-0.05, 0) is 39.0 Å². The minimum atomic E-state index is -0.419. The quantitative estimate of drug-likeness (QED) is 0.940. The highest BCUT2D eigenvalue weighted by molar-refractivity contribution is 5.72. The number of hydrogen-bond donors (Lipinski definition) is 1. The van der Waals surface area contributed by atoms with E-state index in [4.69, 9.17) is 10.5 Å². The summed E-state index contributed by atoms with van der Waals surface area (Å²) in [6.07, 6.45) is 0.764. The standard InChI is InChI=1S/C16H22FN3O/c1-6-13-19-14(15(18)20(13)16(2,3)4)10-7-8-12(21-5)11(17)9-10/h7-9H,6,18H2,1-5H3. The van der Waals surface area contributed by atoms with Crippen molar-refractivity contribution in [3.05, 3.63) is 29.8 Å². The summed E-state index contributed by atoms with van der Waals surface area (Å²) in [5.74, 6) is 1.25. The van der Waals surface area contributed by atoms with Crippen LogP contribution >= 0.6 is 0 Å². The summed E-state index contributed by atoms with van der Waals surface area (Å²) in [7, 11) is 1.44. The van der Waals surface area contributed by atoms with Crippen molar-refractivity contribution < 1.29 is 9.13 Å². The van der Waals surface area contributed by atoms with E-state index >= 15 is 0 Å². The van der Waals surface area contributed by atoms with Gasteiger partial charge in [0.2, 0.25) is 0 Å². The third-order valence-corrected chi connectivity index (χ3v) is 3.39. The van der Waals surface area contributed by atoms with Crippen LogP contribution in [-0.4, -0.2) is 16.7 Å². The van der Waals surface area contributed by atoms with Crippen LogP contribution in [0.15, 0.2) is 18.2 Å². The van der Waals surface area contributed by atoms with Crippen LogP contribution in [0.4, 0.5) is 10.2 Å². The highest BCUT2D eigenvalue weighted by Crippen LogP contribution is 2.33. The molecule has 0 unspecified atom stereocenters. The molecule has 2 aromatic rings. The van der Waals surface area contributed by atoms with Crippen LogP contribution in [0, 0.1) is 5.82 Å². The normalized spacial score (nSPS) is 11.7. The van der Waals surface area contributed by atoms with Gasteiger partial charge in [0.25, 0.3) is 0 Å². The van der Waals surface area contributed by atoms with Gasteiger partial charge in [-0.2, -0.15) is 0 Å². The molecular weight excluding hydrogens is 269 g/mol. The van der Waals surface area contributed by atoms with Gasteiger partial charge in [-0.25, -0.2) is 9.37 Å². The molecule has 1 aromatic carbocycles. The molecule has 114 valence electrons. The van der Waals surface area contributed by atoms with Crippen LogP contribution in [0.25, 0.3) is 11.3 Å². The number of nitrogen functional groups attached to an aromatic ring is 1. The van der Waals surface area contributed by atoms with E-state index in [0.717, 1.165) is 12.2 Å². The van der Waals surface area contributed by atoms with Gasteiger partial charge < -0.3 is 15.0 Å². The average molecular weight is 291 g/mol. The van der Waals surface area contributed by atoms with Crippen molar-refractivity contribution in [1.29, 1.82) is 0 Å². The van der Waals surface area contributed by atoms with Gasteiger partial charge >= 0.3 is 0 Å². The summed E-state index contributed by atoms with van der Waals surface area (Å²) in [6, 6.07) is 4.77. The van der Waals surface area contributed by atoms with Crippen molar-refractivity contribution in [1.82, 2.24) is 9.55 Å². The maximum absolute atomic E-state index is 13.9. The number of aryl methyl sites for hydroxylation is 1. The number of aromatic nitrogens is 2. The van der Waals surface area contributed by atoms with Gasteiger partial charge in [-0.1, -0.05) is 6.92 Å². The van der Waals surface area contributed by atoms with E-state index in [1.165, 1.54) is 13.2 Å². The molecule has 0 aliphatic heterocycles. The topological polar surface area (TPSA) is 53.1 Å². The van der Waals surface area contributed by atoms with E-state index in [2.05, 4.69) is 25.8 Å². The number of anilines is 1. The minimum Gasteiger partial charge on any atom is -0.494 e. The second kappa shape index (κ2) is 5.39. The lowest BCUT2D eigenvalue weighted by Gasteiger charge is -2.24. The van der Waals surface area contributed by atoms with Crippen molar-refractivity contribution in [3.8, 4) is 17.0 Å². The predicted octanol–water partition coefficient (Wildman–Crippen LogP) is 3.60. The second-order valence-electron chi connectivity index (χ2n) is 5.97. The van der Waals surface area contributed by atoms with Gasteiger partial charge in [0.05, 0.1) is 7.11 Å². The molecule has 5 heteroatoms.